The van der Waals surface area contributed by atoms with E-state index in [0.717, 1.165) is 29.2 Å². The van der Waals surface area contributed by atoms with Gasteiger partial charge in [-0.05, 0) is 130 Å². The fourth-order valence-electron chi connectivity index (χ4n) is 7.77. The number of hydrogen-bond donors (Lipinski definition) is 0. The van der Waals surface area contributed by atoms with Gasteiger partial charge < -0.3 is 9.80 Å². The van der Waals surface area contributed by atoms with E-state index in [0.29, 0.717) is 0 Å². The monoisotopic (exact) mass is 778 g/mol. The molecule has 0 saturated heterocycles. The second-order valence-corrected chi connectivity index (χ2v) is 16.4. The van der Waals surface area contributed by atoms with Crippen LogP contribution in [-0.2, 0) is 0 Å². The van der Waals surface area contributed by atoms with Crippen molar-refractivity contribution in [2.24, 2.45) is 5.92 Å². The summed E-state index contributed by atoms with van der Waals surface area (Å²) in [5, 5.41) is 0. The lowest BCUT2D eigenvalue weighted by molar-refractivity contribution is 0.831. The second-order valence-electron chi connectivity index (χ2n) is 16.4. The van der Waals surface area contributed by atoms with Gasteiger partial charge in [0.25, 0.3) is 0 Å². The quantitative estimate of drug-likeness (QED) is 0.129. The minimum atomic E-state index is 0.279. The Kier molecular flexibility index (Phi) is 11.9. The van der Waals surface area contributed by atoms with Crippen LogP contribution < -0.4 is 9.80 Å². The number of aryl methyl sites for hydroxylation is 5. The first kappa shape index (κ1) is 39.9. The molecule has 0 N–H and O–H groups in total. The summed E-state index contributed by atoms with van der Waals surface area (Å²) in [7, 11) is 0. The Morgan fingerprint density at radius 2 is 0.733 bits per heavy atom. The van der Waals surface area contributed by atoms with Crippen LogP contribution in [0.25, 0.3) is 22.3 Å². The lowest BCUT2D eigenvalue weighted by Gasteiger charge is -2.27. The molecule has 7 aromatic carbocycles. The second kappa shape index (κ2) is 17.9. The molecular formula is C58H54N2. The van der Waals surface area contributed by atoms with Crippen LogP contribution in [0.4, 0.5) is 22.7 Å². The molecule has 1 aliphatic rings. The van der Waals surface area contributed by atoms with Crippen LogP contribution in [0.15, 0.2) is 206 Å². The summed E-state index contributed by atoms with van der Waals surface area (Å²) in [6, 6.07) is 62.3. The summed E-state index contributed by atoms with van der Waals surface area (Å²) in [5.41, 5.74) is 20.4. The van der Waals surface area contributed by atoms with Gasteiger partial charge >= 0.3 is 0 Å². The maximum absolute atomic E-state index is 2.36. The third-order valence-electron chi connectivity index (χ3n) is 11.6. The topological polar surface area (TPSA) is 6.48 Å². The molecule has 8 rings (SSSR count). The smallest absolute Gasteiger partial charge is 0.0456 e. The van der Waals surface area contributed by atoms with E-state index in [2.05, 4.69) is 252 Å². The van der Waals surface area contributed by atoms with Crippen molar-refractivity contribution >= 4 is 33.9 Å². The van der Waals surface area contributed by atoms with Crippen molar-refractivity contribution < 1.29 is 0 Å². The van der Waals surface area contributed by atoms with E-state index in [4.69, 9.17) is 0 Å². The molecule has 0 saturated carbocycles. The molecule has 1 aliphatic carbocycles. The molecule has 0 fully saturated rings. The summed E-state index contributed by atoms with van der Waals surface area (Å²) in [6.07, 6.45) is 12.6. The predicted molar refractivity (Wildman–Crippen MR) is 258 cm³/mol. The van der Waals surface area contributed by atoms with Crippen LogP contribution in [0.5, 0.6) is 0 Å². The summed E-state index contributed by atoms with van der Waals surface area (Å²) in [4.78, 5) is 4.67. The number of nitrogens with zero attached hydrogens (tertiary/aromatic N) is 2. The van der Waals surface area contributed by atoms with Gasteiger partial charge in [-0.25, -0.2) is 0 Å². The molecule has 2 heteroatoms. The SMILES string of the molecule is CC1=CCC(/C(=C/N(c2ccc(C)cc2)c2ccc(-c3ccc(N(C=C(c4ccc(C)cc4)c4ccc(C)cc4)c4ccc(C)cc4)cc3)cc2)c2ccc(C)cc2)C=C1. The highest BCUT2D eigenvalue weighted by Crippen LogP contribution is 2.37. The number of rotatable bonds is 11. The fraction of sp³-hybridized carbons (Fsp3) is 0.138. The van der Waals surface area contributed by atoms with Crippen molar-refractivity contribution in [3.05, 3.63) is 251 Å². The van der Waals surface area contributed by atoms with Crippen molar-refractivity contribution in [3.63, 3.8) is 0 Å². The zero-order chi connectivity index (χ0) is 41.6. The first-order chi connectivity index (χ1) is 29.2. The van der Waals surface area contributed by atoms with Gasteiger partial charge in [0.2, 0.25) is 0 Å². The van der Waals surface area contributed by atoms with Crippen LogP contribution in [0, 0.1) is 40.5 Å². The Morgan fingerprint density at radius 3 is 1.10 bits per heavy atom. The van der Waals surface area contributed by atoms with E-state index in [1.807, 2.05) is 0 Å². The summed E-state index contributed by atoms with van der Waals surface area (Å²) in [6.45, 7) is 12.9. The first-order valence-electron chi connectivity index (χ1n) is 21.1. The third-order valence-corrected chi connectivity index (χ3v) is 11.6. The normalized spacial score (nSPS) is 13.7. The lowest BCUT2D eigenvalue weighted by atomic mass is 9.86. The largest absolute Gasteiger partial charge is 0.317 e. The summed E-state index contributed by atoms with van der Waals surface area (Å²) >= 11 is 0. The Morgan fingerprint density at radius 1 is 0.400 bits per heavy atom. The molecule has 0 heterocycles. The molecule has 296 valence electrons. The maximum Gasteiger partial charge on any atom is 0.0456 e. The summed E-state index contributed by atoms with van der Waals surface area (Å²) in [5.74, 6) is 0.279. The zero-order valence-corrected chi connectivity index (χ0v) is 35.7. The number of benzene rings is 7. The van der Waals surface area contributed by atoms with E-state index < -0.39 is 0 Å². The van der Waals surface area contributed by atoms with Crippen molar-refractivity contribution in [2.45, 2.75) is 48.0 Å². The number of allylic oxidation sites excluding steroid dienone is 5. The molecular weight excluding hydrogens is 725 g/mol. The van der Waals surface area contributed by atoms with Gasteiger partial charge in [0, 0.05) is 46.6 Å². The highest BCUT2D eigenvalue weighted by atomic mass is 15.1. The van der Waals surface area contributed by atoms with Gasteiger partial charge in [0.05, 0.1) is 0 Å². The Labute approximate surface area is 357 Å². The molecule has 7 aromatic rings. The van der Waals surface area contributed by atoms with Gasteiger partial charge in [0.15, 0.2) is 0 Å². The molecule has 1 atom stereocenters. The maximum atomic E-state index is 2.36. The van der Waals surface area contributed by atoms with Crippen molar-refractivity contribution in [2.75, 3.05) is 9.80 Å². The average molecular weight is 779 g/mol. The Balaban J connectivity index is 1.15. The fourth-order valence-corrected chi connectivity index (χ4v) is 7.77. The zero-order valence-electron chi connectivity index (χ0n) is 35.7. The minimum absolute atomic E-state index is 0.279. The van der Waals surface area contributed by atoms with Crippen LogP contribution in [0.3, 0.4) is 0 Å². The highest BCUT2D eigenvalue weighted by Gasteiger charge is 2.19. The standard InChI is InChI=1S/C58H54N2/c1-41-7-19-49(20-8-41)57(50-21-9-42(2)10-22-50)39-59(53-31-15-45(5)16-32-53)55-35-27-47(28-36-55)48-29-37-56(38-30-48)60(54-33-17-46(6)18-34-54)40-58(51-23-11-43(3)12-24-51)52-25-13-44(4)14-26-52/h7-25,27-40,52H,26H2,1-6H3/b58-40+. The Bertz CT molecular complexity index is 2610. The predicted octanol–water partition coefficient (Wildman–Crippen LogP) is 15.8. The lowest BCUT2D eigenvalue weighted by Crippen LogP contribution is -2.13. The Hall–Kier alpha value is -6.90. The van der Waals surface area contributed by atoms with Gasteiger partial charge in [-0.3, -0.25) is 0 Å². The van der Waals surface area contributed by atoms with E-state index in [9.17, 15) is 0 Å². The summed E-state index contributed by atoms with van der Waals surface area (Å²) < 4.78 is 0. The molecule has 0 amide bonds. The van der Waals surface area contributed by atoms with Crippen LogP contribution in [-0.4, -0.2) is 0 Å². The van der Waals surface area contributed by atoms with Gasteiger partial charge in [-0.1, -0.05) is 173 Å². The average Bonchev–Trinajstić information content (AvgIpc) is 3.27. The van der Waals surface area contributed by atoms with Gasteiger partial charge in [-0.15, -0.1) is 0 Å². The molecule has 60 heavy (non-hydrogen) atoms. The molecule has 0 aromatic heterocycles. The molecule has 0 spiro atoms. The van der Waals surface area contributed by atoms with Crippen LogP contribution in [0.2, 0.25) is 0 Å². The van der Waals surface area contributed by atoms with Crippen LogP contribution in [0.1, 0.15) is 57.9 Å². The van der Waals surface area contributed by atoms with E-state index in [1.54, 1.807) is 0 Å². The van der Waals surface area contributed by atoms with Crippen molar-refractivity contribution in [1.29, 1.82) is 0 Å². The highest BCUT2D eigenvalue weighted by molar-refractivity contribution is 5.85. The van der Waals surface area contributed by atoms with E-state index in [1.165, 1.54) is 72.4 Å². The number of anilines is 4. The van der Waals surface area contributed by atoms with Crippen molar-refractivity contribution in [1.82, 2.24) is 0 Å². The van der Waals surface area contributed by atoms with Gasteiger partial charge in [-0.2, -0.15) is 0 Å². The third kappa shape index (κ3) is 9.35. The molecule has 2 nitrogen and oxygen atoms in total. The van der Waals surface area contributed by atoms with Crippen molar-refractivity contribution in [3.8, 4) is 11.1 Å². The van der Waals surface area contributed by atoms with E-state index in [-0.39, 0.29) is 5.92 Å². The molecule has 1 unspecified atom stereocenters. The van der Waals surface area contributed by atoms with E-state index >= 15 is 0 Å². The molecule has 0 bridgehead atoms. The van der Waals surface area contributed by atoms with Gasteiger partial charge in [0.1, 0.15) is 0 Å². The first-order valence-corrected chi connectivity index (χ1v) is 21.1. The molecule has 0 radical (unpaired) electrons. The number of hydrogen-bond acceptors (Lipinski definition) is 2. The van der Waals surface area contributed by atoms with Crippen LogP contribution >= 0.6 is 0 Å². The minimum Gasteiger partial charge on any atom is -0.317 e. The molecule has 0 aliphatic heterocycles.